The van der Waals surface area contributed by atoms with Crippen LogP contribution in [0.5, 0.6) is 0 Å². The molecule has 0 saturated carbocycles. The molecule has 1 rings (SSSR count). The van der Waals surface area contributed by atoms with E-state index >= 15 is 0 Å². The first kappa shape index (κ1) is 13.2. The number of hydrogen-bond acceptors (Lipinski definition) is 3. The van der Waals surface area contributed by atoms with Gasteiger partial charge < -0.3 is 0 Å². The molecule has 1 aromatic rings. The molecule has 0 N–H and O–H groups in total. The summed E-state index contributed by atoms with van der Waals surface area (Å²) in [7, 11) is -3.58. The molecule has 0 aromatic heterocycles. The highest BCUT2D eigenvalue weighted by Gasteiger charge is 2.16. The van der Waals surface area contributed by atoms with Crippen molar-refractivity contribution in [1.82, 2.24) is 0 Å². The van der Waals surface area contributed by atoms with E-state index < -0.39 is 10.1 Å². The molecule has 0 bridgehead atoms. The van der Waals surface area contributed by atoms with E-state index in [1.54, 1.807) is 30.3 Å². The average Bonchev–Trinajstić information content (AvgIpc) is 2.31. The fourth-order valence-corrected chi connectivity index (χ4v) is 2.36. The third-order valence-corrected chi connectivity index (χ3v) is 3.94. The van der Waals surface area contributed by atoms with E-state index in [1.165, 1.54) is 0 Å². The largest absolute Gasteiger partial charge is 0.296 e. The molecule has 0 heterocycles. The van der Waals surface area contributed by atoms with E-state index in [1.807, 2.05) is 13.8 Å². The van der Waals surface area contributed by atoms with Gasteiger partial charge in [0.25, 0.3) is 10.1 Å². The lowest BCUT2D eigenvalue weighted by atomic mass is 10.1. The molecular formula is C12H18O3S. The summed E-state index contributed by atoms with van der Waals surface area (Å²) in [5.41, 5.74) is 0. The van der Waals surface area contributed by atoms with Gasteiger partial charge in [0.2, 0.25) is 0 Å². The van der Waals surface area contributed by atoms with E-state index in [0.29, 0.717) is 5.92 Å². The van der Waals surface area contributed by atoms with Crippen LogP contribution in [0, 0.1) is 5.92 Å². The number of rotatable bonds is 6. The lowest BCUT2D eigenvalue weighted by Crippen LogP contribution is -2.13. The third kappa shape index (κ3) is 3.61. The molecule has 0 spiro atoms. The van der Waals surface area contributed by atoms with Crippen LogP contribution in [0.4, 0.5) is 0 Å². The summed E-state index contributed by atoms with van der Waals surface area (Å²) in [5, 5.41) is 0. The Morgan fingerprint density at radius 1 is 1.12 bits per heavy atom. The smallest absolute Gasteiger partial charge is 0.266 e. The second-order valence-corrected chi connectivity index (χ2v) is 5.35. The summed E-state index contributed by atoms with van der Waals surface area (Å²) in [4.78, 5) is 0.223. The lowest BCUT2D eigenvalue weighted by molar-refractivity contribution is 0.246. The summed E-state index contributed by atoms with van der Waals surface area (Å²) < 4.78 is 28.5. The normalized spacial score (nSPS) is 11.9. The maximum Gasteiger partial charge on any atom is 0.296 e. The van der Waals surface area contributed by atoms with Crippen LogP contribution >= 0.6 is 0 Å². The predicted octanol–water partition coefficient (Wildman–Crippen LogP) is 2.83. The van der Waals surface area contributed by atoms with E-state index in [2.05, 4.69) is 0 Å². The van der Waals surface area contributed by atoms with Crippen molar-refractivity contribution in [3.05, 3.63) is 30.3 Å². The van der Waals surface area contributed by atoms with Crippen molar-refractivity contribution < 1.29 is 12.6 Å². The molecule has 16 heavy (non-hydrogen) atoms. The molecule has 4 heteroatoms. The van der Waals surface area contributed by atoms with E-state index in [0.717, 1.165) is 12.8 Å². The van der Waals surface area contributed by atoms with Crippen molar-refractivity contribution >= 4 is 10.1 Å². The van der Waals surface area contributed by atoms with Gasteiger partial charge in [0.05, 0.1) is 11.5 Å². The predicted molar refractivity (Wildman–Crippen MR) is 63.7 cm³/mol. The Kier molecular flexibility index (Phi) is 4.96. The highest BCUT2D eigenvalue weighted by molar-refractivity contribution is 7.86. The molecule has 0 saturated heterocycles. The average molecular weight is 242 g/mol. The second kappa shape index (κ2) is 6.01. The van der Waals surface area contributed by atoms with Crippen molar-refractivity contribution in [3.8, 4) is 0 Å². The second-order valence-electron chi connectivity index (χ2n) is 3.73. The van der Waals surface area contributed by atoms with Gasteiger partial charge in [0.15, 0.2) is 0 Å². The molecule has 0 radical (unpaired) electrons. The third-order valence-electron chi connectivity index (χ3n) is 2.65. The van der Waals surface area contributed by atoms with Crippen molar-refractivity contribution in [2.24, 2.45) is 5.92 Å². The molecule has 0 fully saturated rings. The maximum absolute atomic E-state index is 11.7. The molecule has 3 nitrogen and oxygen atoms in total. The summed E-state index contributed by atoms with van der Waals surface area (Å²) in [6.07, 6.45) is 1.86. The minimum absolute atomic E-state index is 0.223. The molecule has 1 aromatic carbocycles. The van der Waals surface area contributed by atoms with Gasteiger partial charge in [0.1, 0.15) is 0 Å². The summed E-state index contributed by atoms with van der Waals surface area (Å²) in [6, 6.07) is 8.24. The standard InChI is InChI=1S/C12H18O3S/c1-3-11(4-2)10-15-16(13,14)12-8-6-5-7-9-12/h5-9,11H,3-4,10H2,1-2H3. The quantitative estimate of drug-likeness (QED) is 0.720. The maximum atomic E-state index is 11.7. The van der Waals surface area contributed by atoms with Crippen LogP contribution in [0.25, 0.3) is 0 Å². The van der Waals surface area contributed by atoms with Gasteiger partial charge >= 0.3 is 0 Å². The van der Waals surface area contributed by atoms with Gasteiger partial charge in [-0.25, -0.2) is 0 Å². The Morgan fingerprint density at radius 2 is 1.69 bits per heavy atom. The van der Waals surface area contributed by atoms with Crippen molar-refractivity contribution in [3.63, 3.8) is 0 Å². The van der Waals surface area contributed by atoms with Gasteiger partial charge in [-0.1, -0.05) is 44.9 Å². The first-order valence-corrected chi connectivity index (χ1v) is 6.95. The lowest BCUT2D eigenvalue weighted by Gasteiger charge is -2.12. The summed E-state index contributed by atoms with van der Waals surface area (Å²) in [6.45, 7) is 4.34. The zero-order valence-electron chi connectivity index (χ0n) is 9.72. The van der Waals surface area contributed by atoms with Gasteiger partial charge in [-0.15, -0.1) is 0 Å². The Hall–Kier alpha value is -0.870. The Labute approximate surface area is 97.6 Å². The minimum Gasteiger partial charge on any atom is -0.266 e. The first-order valence-electron chi connectivity index (χ1n) is 5.54. The van der Waals surface area contributed by atoms with Gasteiger partial charge in [-0.2, -0.15) is 8.42 Å². The van der Waals surface area contributed by atoms with Crippen LogP contribution in [0.2, 0.25) is 0 Å². The molecule has 0 amide bonds. The molecule has 0 unspecified atom stereocenters. The Balaban J connectivity index is 2.67. The molecule has 0 aliphatic rings. The fourth-order valence-electron chi connectivity index (χ4n) is 1.37. The zero-order chi connectivity index (χ0) is 12.0. The van der Waals surface area contributed by atoms with E-state index in [4.69, 9.17) is 4.18 Å². The summed E-state index contributed by atoms with van der Waals surface area (Å²) >= 11 is 0. The fraction of sp³-hybridized carbons (Fsp3) is 0.500. The Morgan fingerprint density at radius 3 is 2.19 bits per heavy atom. The Bertz CT molecular complexity index is 394. The van der Waals surface area contributed by atoms with Gasteiger partial charge in [0, 0.05) is 0 Å². The van der Waals surface area contributed by atoms with Crippen molar-refractivity contribution in [2.45, 2.75) is 31.6 Å². The van der Waals surface area contributed by atoms with Crippen LogP contribution in [-0.4, -0.2) is 15.0 Å². The topological polar surface area (TPSA) is 43.4 Å². The molecule has 90 valence electrons. The molecule has 0 aliphatic carbocycles. The monoisotopic (exact) mass is 242 g/mol. The van der Waals surface area contributed by atoms with Crippen LogP contribution in [0.15, 0.2) is 35.2 Å². The minimum atomic E-state index is -3.58. The molecular weight excluding hydrogens is 224 g/mol. The van der Waals surface area contributed by atoms with Crippen LogP contribution < -0.4 is 0 Å². The van der Waals surface area contributed by atoms with Crippen LogP contribution in [0.3, 0.4) is 0 Å². The van der Waals surface area contributed by atoms with E-state index in [-0.39, 0.29) is 11.5 Å². The zero-order valence-corrected chi connectivity index (χ0v) is 10.5. The summed E-state index contributed by atoms with van der Waals surface area (Å²) in [5.74, 6) is 0.304. The number of benzene rings is 1. The van der Waals surface area contributed by atoms with Crippen LogP contribution in [0.1, 0.15) is 26.7 Å². The highest BCUT2D eigenvalue weighted by atomic mass is 32.2. The van der Waals surface area contributed by atoms with Crippen LogP contribution in [-0.2, 0) is 14.3 Å². The first-order chi connectivity index (χ1) is 7.60. The van der Waals surface area contributed by atoms with Crippen molar-refractivity contribution in [2.75, 3.05) is 6.61 Å². The SMILES string of the molecule is CCC(CC)COS(=O)(=O)c1ccccc1. The van der Waals surface area contributed by atoms with Gasteiger partial charge in [-0.05, 0) is 18.1 Å². The van der Waals surface area contributed by atoms with Gasteiger partial charge in [-0.3, -0.25) is 4.18 Å². The highest BCUT2D eigenvalue weighted by Crippen LogP contribution is 2.15. The molecule has 0 atom stereocenters. The number of hydrogen-bond donors (Lipinski definition) is 0. The van der Waals surface area contributed by atoms with Crippen molar-refractivity contribution in [1.29, 1.82) is 0 Å². The molecule has 0 aliphatic heterocycles. The van der Waals surface area contributed by atoms with E-state index in [9.17, 15) is 8.42 Å².